The number of hydrogen-bond acceptors (Lipinski definition) is 6. The van der Waals surface area contributed by atoms with Gasteiger partial charge in [0.2, 0.25) is 5.91 Å². The second-order valence-corrected chi connectivity index (χ2v) is 7.40. The van der Waals surface area contributed by atoms with Gasteiger partial charge in [0.1, 0.15) is 11.7 Å². The molecule has 7 heteroatoms. The number of aromatic nitrogens is 2. The van der Waals surface area contributed by atoms with Crippen LogP contribution in [0.2, 0.25) is 0 Å². The first kappa shape index (κ1) is 20.7. The highest BCUT2D eigenvalue weighted by Crippen LogP contribution is 2.23. The van der Waals surface area contributed by atoms with Crippen LogP contribution < -0.4 is 5.32 Å². The molecule has 0 aliphatic heterocycles. The third kappa shape index (κ3) is 5.92. The lowest BCUT2D eigenvalue weighted by atomic mass is 9.84. The summed E-state index contributed by atoms with van der Waals surface area (Å²) in [5, 5.41) is 2.74. The summed E-state index contributed by atoms with van der Waals surface area (Å²) >= 11 is 0. The normalized spacial score (nSPS) is 13.9. The monoisotopic (exact) mass is 349 g/mol. The number of ether oxygens (including phenoxy) is 1. The van der Waals surface area contributed by atoms with E-state index in [2.05, 4.69) is 15.3 Å². The highest BCUT2D eigenvalue weighted by atomic mass is 16.5. The third-order valence-corrected chi connectivity index (χ3v) is 3.99. The second-order valence-electron chi connectivity index (χ2n) is 7.40. The zero-order valence-electron chi connectivity index (χ0n) is 15.7. The van der Waals surface area contributed by atoms with Gasteiger partial charge in [-0.3, -0.25) is 14.6 Å². The van der Waals surface area contributed by atoms with Crippen molar-refractivity contribution in [2.75, 3.05) is 7.11 Å². The molecule has 25 heavy (non-hydrogen) atoms. The number of nitrogens with zero attached hydrogens (tertiary/aromatic N) is 2. The maximum atomic E-state index is 12.7. The first-order valence-corrected chi connectivity index (χ1v) is 8.25. The van der Waals surface area contributed by atoms with Crippen molar-refractivity contribution in [3.8, 4) is 0 Å². The number of carbonyl (C=O) groups excluding carboxylic acids is 3. The SMILES string of the molecule is COC(=O)[C@@H](NC(=O)[C@@H](CC(=O)c1cnccn1)C(C)C)C(C)(C)C. The Labute approximate surface area is 148 Å². The average molecular weight is 349 g/mol. The summed E-state index contributed by atoms with van der Waals surface area (Å²) in [6, 6.07) is -0.794. The van der Waals surface area contributed by atoms with Gasteiger partial charge in [-0.1, -0.05) is 34.6 Å². The smallest absolute Gasteiger partial charge is 0.328 e. The fourth-order valence-electron chi connectivity index (χ4n) is 2.37. The van der Waals surface area contributed by atoms with E-state index in [1.54, 1.807) is 0 Å². The molecule has 0 fully saturated rings. The van der Waals surface area contributed by atoms with Crippen LogP contribution in [-0.4, -0.2) is 40.8 Å². The first-order chi connectivity index (χ1) is 11.6. The zero-order valence-corrected chi connectivity index (χ0v) is 15.7. The van der Waals surface area contributed by atoms with Crippen LogP contribution in [0, 0.1) is 17.3 Å². The highest BCUT2D eigenvalue weighted by molar-refractivity contribution is 5.97. The van der Waals surface area contributed by atoms with Gasteiger partial charge in [0, 0.05) is 24.7 Å². The van der Waals surface area contributed by atoms with Crippen LogP contribution in [0.5, 0.6) is 0 Å². The Kier molecular flexibility index (Phi) is 7.21. The summed E-state index contributed by atoms with van der Waals surface area (Å²) in [7, 11) is 1.28. The minimum Gasteiger partial charge on any atom is -0.467 e. The molecule has 0 aromatic carbocycles. The Morgan fingerprint density at radius 3 is 2.28 bits per heavy atom. The van der Waals surface area contributed by atoms with Crippen molar-refractivity contribution in [3.05, 3.63) is 24.3 Å². The van der Waals surface area contributed by atoms with Crippen molar-refractivity contribution in [3.63, 3.8) is 0 Å². The summed E-state index contributed by atoms with van der Waals surface area (Å²) in [6.45, 7) is 9.23. The van der Waals surface area contributed by atoms with E-state index in [4.69, 9.17) is 4.74 Å². The predicted molar refractivity (Wildman–Crippen MR) is 92.7 cm³/mol. The van der Waals surface area contributed by atoms with Crippen LogP contribution in [-0.2, 0) is 14.3 Å². The molecule has 1 heterocycles. The van der Waals surface area contributed by atoms with E-state index in [1.807, 2.05) is 34.6 Å². The summed E-state index contributed by atoms with van der Waals surface area (Å²) in [6.07, 6.45) is 4.29. The van der Waals surface area contributed by atoms with Gasteiger partial charge in [0.15, 0.2) is 5.78 Å². The van der Waals surface area contributed by atoms with Gasteiger partial charge in [0.25, 0.3) is 0 Å². The Balaban J connectivity index is 2.92. The second kappa shape index (κ2) is 8.69. The summed E-state index contributed by atoms with van der Waals surface area (Å²) < 4.78 is 4.79. The fourth-order valence-corrected chi connectivity index (χ4v) is 2.37. The van der Waals surface area contributed by atoms with E-state index >= 15 is 0 Å². The van der Waals surface area contributed by atoms with Crippen molar-refractivity contribution in [1.82, 2.24) is 15.3 Å². The Morgan fingerprint density at radius 1 is 1.20 bits per heavy atom. The molecular formula is C18H27N3O4. The minimum atomic E-state index is -0.794. The van der Waals surface area contributed by atoms with Gasteiger partial charge >= 0.3 is 5.97 Å². The molecule has 1 rings (SSSR count). The molecule has 0 unspecified atom stereocenters. The van der Waals surface area contributed by atoms with Crippen molar-refractivity contribution < 1.29 is 19.1 Å². The summed E-state index contributed by atoms with van der Waals surface area (Å²) in [5.74, 6) is -1.78. The zero-order chi connectivity index (χ0) is 19.2. The van der Waals surface area contributed by atoms with Crippen LogP contribution in [0.1, 0.15) is 51.5 Å². The number of amides is 1. The number of ketones is 1. The predicted octanol–water partition coefficient (Wildman–Crippen LogP) is 2.03. The van der Waals surface area contributed by atoms with Gasteiger partial charge < -0.3 is 10.1 Å². The molecule has 138 valence electrons. The van der Waals surface area contributed by atoms with Gasteiger partial charge in [-0.15, -0.1) is 0 Å². The Bertz CT molecular complexity index is 608. The standard InChI is InChI=1S/C18H27N3O4/c1-11(2)12(9-14(22)13-10-19-7-8-20-13)16(23)21-15(17(24)25-6)18(3,4)5/h7-8,10-12,15H,9H2,1-6H3,(H,21,23)/t12-,15+/m0/s1. The molecular weight excluding hydrogens is 322 g/mol. The van der Waals surface area contributed by atoms with E-state index in [1.165, 1.54) is 25.7 Å². The lowest BCUT2D eigenvalue weighted by molar-refractivity contribution is -0.149. The van der Waals surface area contributed by atoms with Gasteiger partial charge in [-0.25, -0.2) is 9.78 Å². The lowest BCUT2D eigenvalue weighted by Gasteiger charge is -2.31. The average Bonchev–Trinajstić information content (AvgIpc) is 2.55. The molecule has 0 saturated carbocycles. The van der Waals surface area contributed by atoms with E-state index in [0.717, 1.165) is 0 Å². The topological polar surface area (TPSA) is 98.2 Å². The van der Waals surface area contributed by atoms with Crippen LogP contribution >= 0.6 is 0 Å². The number of rotatable bonds is 7. The number of Topliss-reactive ketones (excluding diaryl/α,β-unsaturated/α-hetero) is 1. The van der Waals surface area contributed by atoms with Crippen molar-refractivity contribution in [2.24, 2.45) is 17.3 Å². The Morgan fingerprint density at radius 2 is 1.84 bits per heavy atom. The summed E-state index contributed by atoms with van der Waals surface area (Å²) in [4.78, 5) is 44.9. The van der Waals surface area contributed by atoms with E-state index in [-0.39, 0.29) is 29.7 Å². The molecule has 0 spiro atoms. The molecule has 0 radical (unpaired) electrons. The quantitative estimate of drug-likeness (QED) is 0.597. The molecule has 7 nitrogen and oxygen atoms in total. The van der Waals surface area contributed by atoms with Gasteiger partial charge in [-0.05, 0) is 11.3 Å². The van der Waals surface area contributed by atoms with Gasteiger partial charge in [-0.2, -0.15) is 0 Å². The molecule has 2 atom stereocenters. The highest BCUT2D eigenvalue weighted by Gasteiger charge is 2.36. The number of methoxy groups -OCH3 is 1. The molecule has 1 aromatic rings. The fraction of sp³-hybridized carbons (Fsp3) is 0.611. The molecule has 0 aliphatic rings. The lowest BCUT2D eigenvalue weighted by Crippen LogP contribution is -2.52. The van der Waals surface area contributed by atoms with E-state index in [9.17, 15) is 14.4 Å². The number of carbonyl (C=O) groups is 3. The van der Waals surface area contributed by atoms with Crippen LogP contribution in [0.25, 0.3) is 0 Å². The van der Waals surface area contributed by atoms with Crippen molar-refractivity contribution in [2.45, 2.75) is 47.1 Å². The molecule has 1 aromatic heterocycles. The minimum absolute atomic E-state index is 0.000227. The third-order valence-electron chi connectivity index (χ3n) is 3.99. The van der Waals surface area contributed by atoms with Gasteiger partial charge in [0.05, 0.1) is 13.3 Å². The maximum Gasteiger partial charge on any atom is 0.328 e. The van der Waals surface area contributed by atoms with Crippen molar-refractivity contribution in [1.29, 1.82) is 0 Å². The molecule has 0 aliphatic carbocycles. The molecule has 0 bridgehead atoms. The maximum absolute atomic E-state index is 12.7. The number of nitrogens with one attached hydrogen (secondary N) is 1. The molecule has 1 amide bonds. The Hall–Kier alpha value is -2.31. The summed E-state index contributed by atoms with van der Waals surface area (Å²) in [5.41, 5.74) is -0.291. The number of esters is 1. The van der Waals surface area contributed by atoms with Crippen LogP contribution in [0.4, 0.5) is 0 Å². The number of hydrogen-bond donors (Lipinski definition) is 1. The first-order valence-electron chi connectivity index (χ1n) is 8.25. The van der Waals surface area contributed by atoms with Crippen LogP contribution in [0.3, 0.4) is 0 Å². The van der Waals surface area contributed by atoms with E-state index < -0.39 is 23.3 Å². The van der Waals surface area contributed by atoms with Crippen LogP contribution in [0.15, 0.2) is 18.6 Å². The molecule has 1 N–H and O–H groups in total. The molecule has 0 saturated heterocycles. The largest absolute Gasteiger partial charge is 0.467 e. The van der Waals surface area contributed by atoms with E-state index in [0.29, 0.717) is 0 Å². The van der Waals surface area contributed by atoms with Crippen molar-refractivity contribution >= 4 is 17.7 Å².